The number of nitrogens with one attached hydrogen (secondary N) is 2. The predicted molar refractivity (Wildman–Crippen MR) is 109 cm³/mol. The quantitative estimate of drug-likeness (QED) is 0.649. The largest absolute Gasteiger partial charge is 0.493 e. The number of benzene rings is 2. The molecule has 6 nitrogen and oxygen atoms in total. The van der Waals surface area contributed by atoms with E-state index in [1.54, 1.807) is 26.5 Å². The number of methoxy groups -OCH3 is 2. The van der Waals surface area contributed by atoms with E-state index in [0.29, 0.717) is 23.7 Å². The maximum atomic E-state index is 12.3. The fourth-order valence-electron chi connectivity index (χ4n) is 2.76. The predicted octanol–water partition coefficient (Wildman–Crippen LogP) is 4.08. The zero-order valence-corrected chi connectivity index (χ0v) is 16.2. The third-order valence-corrected chi connectivity index (χ3v) is 4.37. The molecule has 1 heterocycles. The summed E-state index contributed by atoms with van der Waals surface area (Å²) in [4.78, 5) is 16.6. The normalized spacial score (nSPS) is 10.2. The van der Waals surface area contributed by atoms with Crippen LogP contribution in [0.2, 0.25) is 0 Å². The van der Waals surface area contributed by atoms with Crippen molar-refractivity contribution >= 4 is 17.3 Å². The van der Waals surface area contributed by atoms with Crippen LogP contribution in [0.4, 0.5) is 11.4 Å². The van der Waals surface area contributed by atoms with Crippen LogP contribution in [0, 0.1) is 6.92 Å². The van der Waals surface area contributed by atoms with Crippen LogP contribution in [0.5, 0.6) is 11.5 Å². The third-order valence-electron chi connectivity index (χ3n) is 4.37. The first-order valence-corrected chi connectivity index (χ1v) is 8.88. The Bertz CT molecular complexity index is 955. The number of carbonyl (C=O) groups is 1. The highest BCUT2D eigenvalue weighted by atomic mass is 16.5. The topological polar surface area (TPSA) is 72.5 Å². The molecule has 0 aliphatic carbocycles. The van der Waals surface area contributed by atoms with Gasteiger partial charge in [-0.25, -0.2) is 4.98 Å². The zero-order chi connectivity index (χ0) is 19.9. The van der Waals surface area contributed by atoms with Gasteiger partial charge in [-0.3, -0.25) is 4.79 Å². The number of nitrogens with zero attached hydrogens (tertiary/aromatic N) is 1. The first-order valence-electron chi connectivity index (χ1n) is 8.88. The summed E-state index contributed by atoms with van der Waals surface area (Å²) < 4.78 is 10.5. The van der Waals surface area contributed by atoms with Crippen molar-refractivity contribution in [3.05, 3.63) is 77.6 Å². The van der Waals surface area contributed by atoms with Crippen molar-refractivity contribution < 1.29 is 14.3 Å². The molecular formula is C22H23N3O3. The summed E-state index contributed by atoms with van der Waals surface area (Å²) in [6, 6.07) is 17.0. The maximum absolute atomic E-state index is 12.3. The molecule has 0 aliphatic rings. The molecule has 0 spiro atoms. The van der Waals surface area contributed by atoms with Crippen LogP contribution < -0.4 is 20.1 Å². The summed E-state index contributed by atoms with van der Waals surface area (Å²) in [5.74, 6) is 1.08. The Morgan fingerprint density at radius 3 is 2.39 bits per heavy atom. The third kappa shape index (κ3) is 4.59. The summed E-state index contributed by atoms with van der Waals surface area (Å²) in [5.41, 5.74) is 4.19. The molecule has 1 amide bonds. The molecule has 0 saturated heterocycles. The minimum Gasteiger partial charge on any atom is -0.493 e. The van der Waals surface area contributed by atoms with Crippen molar-refractivity contribution in [1.82, 2.24) is 10.3 Å². The van der Waals surface area contributed by atoms with Gasteiger partial charge >= 0.3 is 0 Å². The number of hydrogen-bond acceptors (Lipinski definition) is 5. The molecule has 144 valence electrons. The van der Waals surface area contributed by atoms with Crippen LogP contribution in [0.1, 0.15) is 21.6 Å². The molecule has 28 heavy (non-hydrogen) atoms. The van der Waals surface area contributed by atoms with E-state index >= 15 is 0 Å². The van der Waals surface area contributed by atoms with E-state index in [9.17, 15) is 4.79 Å². The van der Waals surface area contributed by atoms with Gasteiger partial charge in [-0.15, -0.1) is 0 Å². The van der Waals surface area contributed by atoms with Crippen molar-refractivity contribution in [1.29, 1.82) is 0 Å². The number of aryl methyl sites for hydroxylation is 1. The molecule has 0 unspecified atom stereocenters. The lowest BCUT2D eigenvalue weighted by Gasteiger charge is -2.11. The highest BCUT2D eigenvalue weighted by Crippen LogP contribution is 2.30. The summed E-state index contributed by atoms with van der Waals surface area (Å²) in [7, 11) is 3.19. The highest BCUT2D eigenvalue weighted by molar-refractivity contribution is 5.92. The number of rotatable bonds is 7. The number of amides is 1. The summed E-state index contributed by atoms with van der Waals surface area (Å²) in [6.07, 6.45) is 1.62. The van der Waals surface area contributed by atoms with Crippen LogP contribution in [-0.4, -0.2) is 25.1 Å². The second-order valence-corrected chi connectivity index (χ2v) is 6.24. The van der Waals surface area contributed by atoms with E-state index in [4.69, 9.17) is 9.47 Å². The summed E-state index contributed by atoms with van der Waals surface area (Å²) >= 11 is 0. The van der Waals surface area contributed by atoms with Crippen molar-refractivity contribution in [2.45, 2.75) is 13.5 Å². The van der Waals surface area contributed by atoms with Crippen LogP contribution in [0.25, 0.3) is 0 Å². The van der Waals surface area contributed by atoms with Gasteiger partial charge in [0.25, 0.3) is 5.91 Å². The molecule has 0 aliphatic heterocycles. The number of aromatic nitrogens is 1. The Morgan fingerprint density at radius 2 is 1.71 bits per heavy atom. The molecular weight excluding hydrogens is 354 g/mol. The fraction of sp³-hybridized carbons (Fsp3) is 0.182. The molecule has 2 N–H and O–H groups in total. The number of anilines is 2. The fourth-order valence-corrected chi connectivity index (χ4v) is 2.76. The monoisotopic (exact) mass is 377 g/mol. The van der Waals surface area contributed by atoms with Crippen LogP contribution in [0.3, 0.4) is 0 Å². The van der Waals surface area contributed by atoms with Gasteiger partial charge in [0.05, 0.1) is 26.1 Å². The first-order chi connectivity index (χ1) is 13.6. The molecule has 0 saturated carbocycles. The number of ether oxygens (including phenoxy) is 2. The van der Waals surface area contributed by atoms with E-state index in [0.717, 1.165) is 22.5 Å². The average Bonchev–Trinajstić information content (AvgIpc) is 2.73. The van der Waals surface area contributed by atoms with Gasteiger partial charge in [-0.1, -0.05) is 24.3 Å². The van der Waals surface area contributed by atoms with E-state index < -0.39 is 0 Å². The Balaban J connectivity index is 1.63. The van der Waals surface area contributed by atoms with E-state index in [-0.39, 0.29) is 5.91 Å². The van der Waals surface area contributed by atoms with Crippen LogP contribution in [-0.2, 0) is 6.54 Å². The Labute approximate surface area is 164 Å². The Morgan fingerprint density at radius 1 is 0.964 bits per heavy atom. The minimum atomic E-state index is -0.207. The standard InChI is InChI=1S/C22H23N3O3/c1-15-6-4-5-7-16(15)13-24-22(26)19-10-8-18(14-23-19)25-17-9-11-20(27-2)21(12-17)28-3/h4-12,14,25H,13H2,1-3H3,(H,24,26). The minimum absolute atomic E-state index is 0.207. The average molecular weight is 377 g/mol. The van der Waals surface area contributed by atoms with Gasteiger partial charge < -0.3 is 20.1 Å². The van der Waals surface area contributed by atoms with E-state index in [2.05, 4.69) is 15.6 Å². The number of pyridine rings is 1. The summed E-state index contributed by atoms with van der Waals surface area (Å²) in [5, 5.41) is 6.13. The molecule has 0 atom stereocenters. The van der Waals surface area contributed by atoms with Crippen molar-refractivity contribution in [2.75, 3.05) is 19.5 Å². The second kappa shape index (κ2) is 8.90. The van der Waals surface area contributed by atoms with Gasteiger partial charge in [-0.2, -0.15) is 0 Å². The summed E-state index contributed by atoms with van der Waals surface area (Å²) in [6.45, 7) is 2.49. The molecule has 0 radical (unpaired) electrons. The lowest BCUT2D eigenvalue weighted by molar-refractivity contribution is 0.0946. The smallest absolute Gasteiger partial charge is 0.270 e. The van der Waals surface area contributed by atoms with Crippen molar-refractivity contribution in [3.63, 3.8) is 0 Å². The van der Waals surface area contributed by atoms with Crippen molar-refractivity contribution in [3.8, 4) is 11.5 Å². The zero-order valence-electron chi connectivity index (χ0n) is 16.2. The second-order valence-electron chi connectivity index (χ2n) is 6.24. The molecule has 0 fully saturated rings. The lowest BCUT2D eigenvalue weighted by atomic mass is 10.1. The SMILES string of the molecule is COc1ccc(Nc2ccc(C(=O)NCc3ccccc3C)nc2)cc1OC. The van der Waals surface area contributed by atoms with Gasteiger partial charge in [-0.05, 0) is 42.3 Å². The molecule has 2 aromatic carbocycles. The first kappa shape index (κ1) is 19.2. The molecule has 3 aromatic rings. The number of carbonyl (C=O) groups excluding carboxylic acids is 1. The van der Waals surface area contributed by atoms with Gasteiger partial charge in [0.15, 0.2) is 11.5 Å². The van der Waals surface area contributed by atoms with Crippen LogP contribution in [0.15, 0.2) is 60.8 Å². The van der Waals surface area contributed by atoms with Crippen LogP contribution >= 0.6 is 0 Å². The van der Waals surface area contributed by atoms with E-state index in [1.807, 2.05) is 55.5 Å². The molecule has 0 bridgehead atoms. The van der Waals surface area contributed by atoms with Gasteiger partial charge in [0.2, 0.25) is 0 Å². The molecule has 3 rings (SSSR count). The Hall–Kier alpha value is -3.54. The Kier molecular flexibility index (Phi) is 6.11. The molecule has 6 heteroatoms. The highest BCUT2D eigenvalue weighted by Gasteiger charge is 2.09. The molecule has 1 aromatic heterocycles. The van der Waals surface area contributed by atoms with Gasteiger partial charge in [0, 0.05) is 18.3 Å². The maximum Gasteiger partial charge on any atom is 0.270 e. The number of hydrogen-bond donors (Lipinski definition) is 2. The lowest BCUT2D eigenvalue weighted by Crippen LogP contribution is -2.24. The van der Waals surface area contributed by atoms with E-state index in [1.165, 1.54) is 0 Å². The van der Waals surface area contributed by atoms with Crippen molar-refractivity contribution in [2.24, 2.45) is 0 Å². The van der Waals surface area contributed by atoms with Gasteiger partial charge in [0.1, 0.15) is 5.69 Å².